The third-order valence-electron chi connectivity index (χ3n) is 3.36. The molecule has 0 unspecified atom stereocenters. The molecule has 122 valence electrons. The second-order valence-electron chi connectivity index (χ2n) is 5.01. The van der Waals surface area contributed by atoms with Gasteiger partial charge in [-0.15, -0.1) is 0 Å². The van der Waals surface area contributed by atoms with Gasteiger partial charge in [-0.05, 0) is 30.7 Å². The summed E-state index contributed by atoms with van der Waals surface area (Å²) >= 11 is 1.22. The van der Waals surface area contributed by atoms with Gasteiger partial charge in [-0.3, -0.25) is 10.1 Å². The van der Waals surface area contributed by atoms with Crippen molar-refractivity contribution in [2.45, 2.75) is 6.92 Å². The minimum absolute atomic E-state index is 0.195. The van der Waals surface area contributed by atoms with Crippen LogP contribution in [0.3, 0.4) is 0 Å². The van der Waals surface area contributed by atoms with Gasteiger partial charge in [-0.1, -0.05) is 11.3 Å². The minimum atomic E-state index is -0.997. The molecule has 0 saturated heterocycles. The average Bonchev–Trinajstić information content (AvgIpc) is 2.97. The van der Waals surface area contributed by atoms with E-state index < -0.39 is 5.97 Å². The van der Waals surface area contributed by atoms with Crippen molar-refractivity contribution in [1.82, 2.24) is 9.97 Å². The van der Waals surface area contributed by atoms with E-state index in [1.807, 2.05) is 0 Å². The maximum absolute atomic E-state index is 12.3. The fourth-order valence-electron chi connectivity index (χ4n) is 2.21. The molecule has 0 aliphatic rings. The summed E-state index contributed by atoms with van der Waals surface area (Å²) in [4.78, 5) is 31.7. The maximum atomic E-state index is 12.3. The first-order valence-corrected chi connectivity index (χ1v) is 7.75. The molecule has 8 heteroatoms. The van der Waals surface area contributed by atoms with E-state index >= 15 is 0 Å². The highest BCUT2D eigenvalue weighted by atomic mass is 32.1. The number of carboxylic acids is 1. The van der Waals surface area contributed by atoms with Crippen LogP contribution in [0, 0.1) is 6.92 Å². The molecule has 0 saturated carbocycles. The lowest BCUT2D eigenvalue weighted by Crippen LogP contribution is -2.11. The molecule has 3 rings (SSSR count). The van der Waals surface area contributed by atoms with Crippen LogP contribution >= 0.6 is 11.3 Å². The molecule has 2 aromatic heterocycles. The molecule has 0 aliphatic carbocycles. The van der Waals surface area contributed by atoms with Gasteiger partial charge in [0.15, 0.2) is 5.13 Å². The standard InChI is InChI=1S/C16H13N3O4S/c1-8-5-10(15(21)22)6-11-13(8)18-16(24-11)19-14(20)9-3-4-17-12(7-9)23-2/h3-7H,1-2H3,(H,21,22)(H,18,19,20). The van der Waals surface area contributed by atoms with Gasteiger partial charge < -0.3 is 9.84 Å². The van der Waals surface area contributed by atoms with Crippen molar-refractivity contribution in [3.63, 3.8) is 0 Å². The topological polar surface area (TPSA) is 101 Å². The van der Waals surface area contributed by atoms with Crippen molar-refractivity contribution in [2.75, 3.05) is 12.4 Å². The molecule has 0 spiro atoms. The Balaban J connectivity index is 1.91. The van der Waals surface area contributed by atoms with Gasteiger partial charge >= 0.3 is 5.97 Å². The Hall–Kier alpha value is -3.00. The van der Waals surface area contributed by atoms with E-state index in [2.05, 4.69) is 15.3 Å². The van der Waals surface area contributed by atoms with Crippen molar-refractivity contribution in [1.29, 1.82) is 0 Å². The van der Waals surface area contributed by atoms with Crippen molar-refractivity contribution < 1.29 is 19.4 Å². The number of aromatic nitrogens is 2. The Labute approximate surface area is 140 Å². The van der Waals surface area contributed by atoms with Crippen molar-refractivity contribution in [3.8, 4) is 5.88 Å². The average molecular weight is 343 g/mol. The lowest BCUT2D eigenvalue weighted by Gasteiger charge is -2.03. The van der Waals surface area contributed by atoms with E-state index in [4.69, 9.17) is 9.84 Å². The van der Waals surface area contributed by atoms with Gasteiger partial charge in [0.05, 0.1) is 22.9 Å². The zero-order valence-corrected chi connectivity index (χ0v) is 13.7. The first-order valence-electron chi connectivity index (χ1n) is 6.94. The predicted octanol–water partition coefficient (Wildman–Crippen LogP) is 2.96. The summed E-state index contributed by atoms with van der Waals surface area (Å²) in [6, 6.07) is 6.20. The monoisotopic (exact) mass is 343 g/mol. The number of aryl methyl sites for hydroxylation is 1. The van der Waals surface area contributed by atoms with Crippen LogP contribution in [0.25, 0.3) is 10.2 Å². The number of carbonyl (C=O) groups excluding carboxylic acids is 1. The first-order chi connectivity index (χ1) is 11.5. The van der Waals surface area contributed by atoms with E-state index in [-0.39, 0.29) is 11.5 Å². The number of benzene rings is 1. The second-order valence-corrected chi connectivity index (χ2v) is 6.04. The third kappa shape index (κ3) is 3.04. The Morgan fingerprint density at radius 3 is 2.75 bits per heavy atom. The van der Waals surface area contributed by atoms with Crippen molar-refractivity contribution in [3.05, 3.63) is 47.2 Å². The summed E-state index contributed by atoms with van der Waals surface area (Å²) in [6.07, 6.45) is 1.48. The molecule has 1 aromatic carbocycles. The van der Waals surface area contributed by atoms with Crippen LogP contribution < -0.4 is 10.1 Å². The van der Waals surface area contributed by atoms with Crippen LogP contribution in [0.2, 0.25) is 0 Å². The highest BCUT2D eigenvalue weighted by Crippen LogP contribution is 2.29. The normalized spacial score (nSPS) is 10.6. The predicted molar refractivity (Wildman–Crippen MR) is 90.1 cm³/mol. The Morgan fingerprint density at radius 1 is 1.25 bits per heavy atom. The number of nitrogens with zero attached hydrogens (tertiary/aromatic N) is 2. The van der Waals surface area contributed by atoms with E-state index in [0.717, 1.165) is 5.56 Å². The van der Waals surface area contributed by atoms with E-state index in [9.17, 15) is 9.59 Å². The number of methoxy groups -OCH3 is 1. The summed E-state index contributed by atoms with van der Waals surface area (Å²) in [5, 5.41) is 12.2. The van der Waals surface area contributed by atoms with Crippen LogP contribution in [0.1, 0.15) is 26.3 Å². The number of hydrogen-bond donors (Lipinski definition) is 2. The number of pyridine rings is 1. The highest BCUT2D eigenvalue weighted by Gasteiger charge is 2.14. The fraction of sp³-hybridized carbons (Fsp3) is 0.125. The lowest BCUT2D eigenvalue weighted by molar-refractivity contribution is 0.0696. The van der Waals surface area contributed by atoms with Crippen LogP contribution in [-0.4, -0.2) is 34.1 Å². The van der Waals surface area contributed by atoms with Crippen LogP contribution in [0.5, 0.6) is 5.88 Å². The van der Waals surface area contributed by atoms with Crippen molar-refractivity contribution >= 4 is 38.6 Å². The zero-order chi connectivity index (χ0) is 17.3. The van der Waals surface area contributed by atoms with Crippen LogP contribution in [0.4, 0.5) is 5.13 Å². The van der Waals surface area contributed by atoms with Gasteiger partial charge in [0.25, 0.3) is 5.91 Å². The summed E-state index contributed by atoms with van der Waals surface area (Å²) in [5.41, 5.74) is 2.00. The molecule has 2 N–H and O–H groups in total. The lowest BCUT2D eigenvalue weighted by atomic mass is 10.1. The molecular weight excluding hydrogens is 330 g/mol. The quantitative estimate of drug-likeness (QED) is 0.755. The number of thiazole rings is 1. The molecule has 24 heavy (non-hydrogen) atoms. The molecule has 0 aliphatic heterocycles. The minimum Gasteiger partial charge on any atom is -0.481 e. The number of carboxylic acid groups (broad SMARTS) is 1. The Morgan fingerprint density at radius 2 is 2.04 bits per heavy atom. The van der Waals surface area contributed by atoms with Gasteiger partial charge in [0.1, 0.15) is 0 Å². The van der Waals surface area contributed by atoms with E-state index in [1.165, 1.54) is 30.7 Å². The first kappa shape index (κ1) is 15.9. The summed E-state index contributed by atoms with van der Waals surface area (Å²) in [7, 11) is 1.47. The summed E-state index contributed by atoms with van der Waals surface area (Å²) in [5.74, 6) is -0.998. The van der Waals surface area contributed by atoms with Crippen molar-refractivity contribution in [2.24, 2.45) is 0 Å². The molecule has 3 aromatic rings. The number of ether oxygens (including phenoxy) is 1. The number of anilines is 1. The number of fused-ring (bicyclic) bond motifs is 1. The highest BCUT2D eigenvalue weighted by molar-refractivity contribution is 7.22. The molecule has 0 fully saturated rings. The fourth-order valence-corrected chi connectivity index (χ4v) is 3.18. The Bertz CT molecular complexity index is 952. The molecule has 7 nitrogen and oxygen atoms in total. The van der Waals surface area contributed by atoms with Gasteiger partial charge in [0, 0.05) is 17.8 Å². The smallest absolute Gasteiger partial charge is 0.335 e. The number of nitrogens with one attached hydrogen (secondary N) is 1. The number of rotatable bonds is 4. The maximum Gasteiger partial charge on any atom is 0.335 e. The van der Waals surface area contributed by atoms with E-state index in [0.29, 0.717) is 26.8 Å². The zero-order valence-electron chi connectivity index (χ0n) is 12.9. The largest absolute Gasteiger partial charge is 0.481 e. The van der Waals surface area contributed by atoms with Crippen LogP contribution in [-0.2, 0) is 0 Å². The molecule has 1 amide bonds. The molecule has 2 heterocycles. The number of carbonyl (C=O) groups is 2. The third-order valence-corrected chi connectivity index (χ3v) is 4.28. The molecule has 0 bridgehead atoms. The summed E-state index contributed by atoms with van der Waals surface area (Å²) in [6.45, 7) is 1.79. The van der Waals surface area contributed by atoms with Crippen LogP contribution in [0.15, 0.2) is 30.5 Å². The SMILES string of the molecule is COc1cc(C(=O)Nc2nc3c(C)cc(C(=O)O)cc3s2)ccn1. The molecule has 0 radical (unpaired) electrons. The van der Waals surface area contributed by atoms with Gasteiger partial charge in [0.2, 0.25) is 5.88 Å². The second kappa shape index (κ2) is 6.25. The number of hydrogen-bond acceptors (Lipinski definition) is 6. The van der Waals surface area contributed by atoms with Gasteiger partial charge in [-0.25, -0.2) is 14.8 Å². The van der Waals surface area contributed by atoms with E-state index in [1.54, 1.807) is 25.1 Å². The molecule has 0 atom stereocenters. The number of aromatic carboxylic acids is 1. The van der Waals surface area contributed by atoms with Gasteiger partial charge in [-0.2, -0.15) is 0 Å². The molecular formula is C16H13N3O4S. The summed E-state index contributed by atoms with van der Waals surface area (Å²) < 4.78 is 5.70. The number of amides is 1. The Kier molecular flexibility index (Phi) is 4.13.